The molecule has 1 amide bonds. The molecule has 2 aromatic heterocycles. The van der Waals surface area contributed by atoms with Gasteiger partial charge in [-0.1, -0.05) is 19.3 Å². The van der Waals surface area contributed by atoms with Gasteiger partial charge < -0.3 is 15.2 Å². The summed E-state index contributed by atoms with van der Waals surface area (Å²) in [5, 5.41) is 4.36. The monoisotopic (exact) mass is 327 g/mol. The average molecular weight is 327 g/mol. The molecule has 3 heterocycles. The molecule has 2 aromatic rings. The lowest BCUT2D eigenvalue weighted by atomic mass is 9.88. The van der Waals surface area contributed by atoms with Crippen LogP contribution < -0.4 is 10.2 Å². The Balaban J connectivity index is 1.35. The molecule has 24 heavy (non-hydrogen) atoms. The van der Waals surface area contributed by atoms with Crippen molar-refractivity contribution in [3.8, 4) is 0 Å². The van der Waals surface area contributed by atoms with Gasteiger partial charge in [-0.15, -0.1) is 0 Å². The molecule has 2 N–H and O–H groups in total. The minimum atomic E-state index is 0.248. The predicted octanol–water partition coefficient (Wildman–Crippen LogP) is 2.62. The van der Waals surface area contributed by atoms with Gasteiger partial charge in [-0.3, -0.25) is 4.79 Å². The molecule has 6 heteroatoms. The standard InChI is InChI=1S/C18H25N5O/c24-18(13-4-2-1-3-5-13)22-14-7-10-23(11-8-14)17-15-6-9-19-16(15)20-12-21-17/h6,9,12-14H,1-5,7-8,10-11H2,(H,22,24)(H,19,20,21). The first-order valence-corrected chi connectivity index (χ1v) is 9.14. The summed E-state index contributed by atoms with van der Waals surface area (Å²) in [5.41, 5.74) is 0.882. The van der Waals surface area contributed by atoms with Crippen LogP contribution in [0.1, 0.15) is 44.9 Å². The van der Waals surface area contributed by atoms with E-state index in [-0.39, 0.29) is 11.8 Å². The van der Waals surface area contributed by atoms with Gasteiger partial charge in [0.25, 0.3) is 0 Å². The number of fused-ring (bicyclic) bond motifs is 1. The summed E-state index contributed by atoms with van der Waals surface area (Å²) in [5.74, 6) is 1.53. The zero-order valence-electron chi connectivity index (χ0n) is 14.0. The summed E-state index contributed by atoms with van der Waals surface area (Å²) in [6.07, 6.45) is 11.3. The molecule has 1 aliphatic carbocycles. The molecule has 2 fully saturated rings. The van der Waals surface area contributed by atoms with E-state index in [0.717, 1.165) is 55.6 Å². The number of nitrogens with zero attached hydrogens (tertiary/aromatic N) is 3. The molecule has 1 saturated carbocycles. The third kappa shape index (κ3) is 3.09. The third-order valence-electron chi connectivity index (χ3n) is 5.45. The van der Waals surface area contributed by atoms with Gasteiger partial charge in [0.2, 0.25) is 5.91 Å². The lowest BCUT2D eigenvalue weighted by molar-refractivity contribution is -0.126. The quantitative estimate of drug-likeness (QED) is 0.909. The maximum absolute atomic E-state index is 12.4. The first-order valence-electron chi connectivity index (χ1n) is 9.14. The molecular weight excluding hydrogens is 302 g/mol. The highest BCUT2D eigenvalue weighted by Crippen LogP contribution is 2.26. The third-order valence-corrected chi connectivity index (χ3v) is 5.45. The van der Waals surface area contributed by atoms with Crippen molar-refractivity contribution in [1.82, 2.24) is 20.3 Å². The van der Waals surface area contributed by atoms with Crippen molar-refractivity contribution in [2.45, 2.75) is 51.0 Å². The van der Waals surface area contributed by atoms with Crippen molar-refractivity contribution in [1.29, 1.82) is 0 Å². The molecule has 2 aliphatic rings. The number of rotatable bonds is 3. The molecule has 128 valence electrons. The summed E-state index contributed by atoms with van der Waals surface area (Å²) in [6, 6.07) is 2.33. The molecule has 1 aliphatic heterocycles. The zero-order valence-corrected chi connectivity index (χ0v) is 14.0. The van der Waals surface area contributed by atoms with Crippen LogP contribution in [-0.2, 0) is 4.79 Å². The summed E-state index contributed by atoms with van der Waals surface area (Å²) >= 11 is 0. The fraction of sp³-hybridized carbons (Fsp3) is 0.611. The number of aromatic nitrogens is 3. The van der Waals surface area contributed by atoms with Gasteiger partial charge in [0.15, 0.2) is 0 Å². The summed E-state index contributed by atoms with van der Waals surface area (Å²) < 4.78 is 0. The normalized spacial score (nSPS) is 20.4. The second kappa shape index (κ2) is 6.79. The van der Waals surface area contributed by atoms with Gasteiger partial charge in [0.1, 0.15) is 17.8 Å². The predicted molar refractivity (Wildman–Crippen MR) is 93.8 cm³/mol. The fourth-order valence-electron chi connectivity index (χ4n) is 4.03. The van der Waals surface area contributed by atoms with E-state index in [1.807, 2.05) is 12.3 Å². The van der Waals surface area contributed by atoms with Crippen LogP contribution in [0.4, 0.5) is 5.82 Å². The van der Waals surface area contributed by atoms with E-state index >= 15 is 0 Å². The van der Waals surface area contributed by atoms with E-state index in [0.29, 0.717) is 6.04 Å². The number of aromatic amines is 1. The van der Waals surface area contributed by atoms with Crippen molar-refractivity contribution in [3.05, 3.63) is 18.6 Å². The molecule has 1 saturated heterocycles. The molecular formula is C18H25N5O. The van der Waals surface area contributed by atoms with Crippen LogP contribution in [0.3, 0.4) is 0 Å². The Hall–Kier alpha value is -2.11. The Bertz CT molecular complexity index is 698. The van der Waals surface area contributed by atoms with Gasteiger partial charge in [0.05, 0.1) is 5.39 Å². The number of piperidine rings is 1. The number of hydrogen-bond donors (Lipinski definition) is 2. The summed E-state index contributed by atoms with van der Waals surface area (Å²) in [7, 11) is 0. The largest absolute Gasteiger partial charge is 0.356 e. The van der Waals surface area contributed by atoms with Crippen LogP contribution in [0, 0.1) is 5.92 Å². The second-order valence-electron chi connectivity index (χ2n) is 7.04. The smallest absolute Gasteiger partial charge is 0.223 e. The molecule has 4 rings (SSSR count). The molecule has 0 atom stereocenters. The highest BCUT2D eigenvalue weighted by molar-refractivity contribution is 5.87. The Morgan fingerprint density at radius 2 is 1.92 bits per heavy atom. The molecule has 0 spiro atoms. The summed E-state index contributed by atoms with van der Waals surface area (Å²) in [6.45, 7) is 1.85. The van der Waals surface area contributed by atoms with E-state index in [9.17, 15) is 4.79 Å². The van der Waals surface area contributed by atoms with E-state index in [2.05, 4.69) is 25.2 Å². The number of carbonyl (C=O) groups excluding carboxylic acids is 1. The van der Waals surface area contributed by atoms with Crippen LogP contribution in [0.5, 0.6) is 0 Å². The number of amides is 1. The maximum Gasteiger partial charge on any atom is 0.223 e. The van der Waals surface area contributed by atoms with Gasteiger partial charge in [-0.05, 0) is 31.7 Å². The maximum atomic E-state index is 12.4. The van der Waals surface area contributed by atoms with Crippen molar-refractivity contribution < 1.29 is 4.79 Å². The highest BCUT2D eigenvalue weighted by atomic mass is 16.1. The topological polar surface area (TPSA) is 73.9 Å². The SMILES string of the molecule is O=C(NC1CCN(c2ncnc3[nH]ccc23)CC1)C1CCCCC1. The van der Waals surface area contributed by atoms with E-state index in [1.54, 1.807) is 6.33 Å². The van der Waals surface area contributed by atoms with Crippen LogP contribution in [-0.4, -0.2) is 40.0 Å². The molecule has 0 radical (unpaired) electrons. The second-order valence-corrected chi connectivity index (χ2v) is 7.04. The lowest BCUT2D eigenvalue weighted by Gasteiger charge is -2.34. The van der Waals surface area contributed by atoms with Gasteiger partial charge in [0, 0.05) is 31.2 Å². The van der Waals surface area contributed by atoms with Crippen LogP contribution in [0.2, 0.25) is 0 Å². The van der Waals surface area contributed by atoms with Gasteiger partial charge in [-0.25, -0.2) is 9.97 Å². The van der Waals surface area contributed by atoms with Crippen molar-refractivity contribution in [2.24, 2.45) is 5.92 Å². The van der Waals surface area contributed by atoms with Crippen molar-refractivity contribution >= 4 is 22.8 Å². The highest BCUT2D eigenvalue weighted by Gasteiger charge is 2.26. The molecule has 0 aromatic carbocycles. The Morgan fingerprint density at radius 1 is 1.12 bits per heavy atom. The van der Waals surface area contributed by atoms with E-state index in [1.165, 1.54) is 19.3 Å². The Kier molecular flexibility index (Phi) is 4.36. The molecule has 0 unspecified atom stereocenters. The van der Waals surface area contributed by atoms with Gasteiger partial charge in [-0.2, -0.15) is 0 Å². The molecule has 6 nitrogen and oxygen atoms in total. The minimum absolute atomic E-state index is 0.248. The number of carbonyl (C=O) groups is 1. The minimum Gasteiger partial charge on any atom is -0.356 e. The first kappa shape index (κ1) is 15.4. The number of anilines is 1. The Morgan fingerprint density at radius 3 is 2.71 bits per heavy atom. The van der Waals surface area contributed by atoms with E-state index in [4.69, 9.17) is 0 Å². The first-order chi connectivity index (χ1) is 11.8. The number of H-pyrrole nitrogens is 1. The lowest BCUT2D eigenvalue weighted by Crippen LogP contribution is -2.46. The van der Waals surface area contributed by atoms with Gasteiger partial charge >= 0.3 is 0 Å². The molecule has 0 bridgehead atoms. The summed E-state index contributed by atoms with van der Waals surface area (Å²) in [4.78, 5) is 26.6. The van der Waals surface area contributed by atoms with Crippen LogP contribution in [0.15, 0.2) is 18.6 Å². The number of hydrogen-bond acceptors (Lipinski definition) is 4. The van der Waals surface area contributed by atoms with E-state index < -0.39 is 0 Å². The van der Waals surface area contributed by atoms with Crippen LogP contribution in [0.25, 0.3) is 11.0 Å². The van der Waals surface area contributed by atoms with Crippen molar-refractivity contribution in [3.63, 3.8) is 0 Å². The number of nitrogens with one attached hydrogen (secondary N) is 2. The van der Waals surface area contributed by atoms with Crippen LogP contribution >= 0.6 is 0 Å². The Labute approximate surface area is 142 Å². The average Bonchev–Trinajstić information content (AvgIpc) is 3.12. The fourth-order valence-corrected chi connectivity index (χ4v) is 4.03. The zero-order chi connectivity index (χ0) is 16.4. The van der Waals surface area contributed by atoms with Crippen molar-refractivity contribution in [2.75, 3.05) is 18.0 Å².